The third kappa shape index (κ3) is 4.92. The van der Waals surface area contributed by atoms with Crippen LogP contribution in [-0.4, -0.2) is 32.8 Å². The molecule has 1 aliphatic rings. The summed E-state index contributed by atoms with van der Waals surface area (Å²) >= 11 is 6.72. The van der Waals surface area contributed by atoms with Crippen molar-refractivity contribution in [2.24, 2.45) is 0 Å². The molecule has 33 heavy (non-hydrogen) atoms. The van der Waals surface area contributed by atoms with E-state index >= 15 is 0 Å². The van der Waals surface area contributed by atoms with Gasteiger partial charge in [-0.25, -0.2) is 0 Å². The molecule has 170 valence electrons. The smallest absolute Gasteiger partial charge is 0.266 e. The Morgan fingerprint density at radius 3 is 2.73 bits per heavy atom. The standard InChI is InChI=1S/C27H28N2O2S2/c1-4-14-29-26(30)25(33-27(29)32)17-20-18-28(23-12-8-6-11-22(20)23)15-16-31-24-13-9-7-10-21(24)19(3)5-2/h4,6-13,17-19H,1,5,14-16H2,2-3H3/b25-17-. The van der Waals surface area contributed by atoms with E-state index in [9.17, 15) is 4.79 Å². The summed E-state index contributed by atoms with van der Waals surface area (Å²) in [6.45, 7) is 9.84. The number of carbonyl (C=O) groups excluding carboxylic acids is 1. The first-order valence-corrected chi connectivity index (χ1v) is 12.4. The zero-order chi connectivity index (χ0) is 23.4. The van der Waals surface area contributed by atoms with Crippen molar-refractivity contribution in [3.05, 3.63) is 83.4 Å². The highest BCUT2D eigenvalue weighted by Gasteiger charge is 2.31. The highest BCUT2D eigenvalue weighted by molar-refractivity contribution is 8.26. The number of benzene rings is 2. The fraction of sp³-hybridized carbons (Fsp3) is 0.259. The van der Waals surface area contributed by atoms with Crippen molar-refractivity contribution in [1.29, 1.82) is 0 Å². The normalized spacial score (nSPS) is 16.1. The highest BCUT2D eigenvalue weighted by Crippen LogP contribution is 2.34. The van der Waals surface area contributed by atoms with Gasteiger partial charge in [-0.2, -0.15) is 0 Å². The summed E-state index contributed by atoms with van der Waals surface area (Å²) in [7, 11) is 0. The number of carbonyl (C=O) groups is 1. The number of hydrogen-bond acceptors (Lipinski definition) is 4. The molecule has 4 rings (SSSR count). The van der Waals surface area contributed by atoms with Crippen molar-refractivity contribution in [2.45, 2.75) is 32.7 Å². The molecule has 0 saturated carbocycles. The summed E-state index contributed by atoms with van der Waals surface area (Å²) in [5.74, 6) is 1.35. The molecule has 3 aromatic rings. The molecule has 0 radical (unpaired) electrons. The fourth-order valence-electron chi connectivity index (χ4n) is 4.00. The van der Waals surface area contributed by atoms with Gasteiger partial charge < -0.3 is 9.30 Å². The van der Waals surface area contributed by atoms with Gasteiger partial charge in [0.05, 0.1) is 11.4 Å². The topological polar surface area (TPSA) is 34.5 Å². The van der Waals surface area contributed by atoms with Gasteiger partial charge in [0.1, 0.15) is 16.7 Å². The van der Waals surface area contributed by atoms with Crippen molar-refractivity contribution >= 4 is 51.2 Å². The molecule has 0 aliphatic carbocycles. The van der Waals surface area contributed by atoms with E-state index in [4.69, 9.17) is 17.0 Å². The highest BCUT2D eigenvalue weighted by atomic mass is 32.2. The van der Waals surface area contributed by atoms with Crippen LogP contribution < -0.4 is 4.74 Å². The molecule has 0 N–H and O–H groups in total. The van der Waals surface area contributed by atoms with Gasteiger partial charge in [-0.1, -0.05) is 80.3 Å². The van der Waals surface area contributed by atoms with Crippen LogP contribution in [0, 0.1) is 0 Å². The van der Waals surface area contributed by atoms with Crippen molar-refractivity contribution in [3.63, 3.8) is 0 Å². The Kier molecular flexibility index (Phi) is 7.36. The Morgan fingerprint density at radius 2 is 1.94 bits per heavy atom. The van der Waals surface area contributed by atoms with Crippen molar-refractivity contribution in [2.75, 3.05) is 13.2 Å². The largest absolute Gasteiger partial charge is 0.491 e. The second-order valence-corrected chi connectivity index (χ2v) is 9.75. The fourth-order valence-corrected chi connectivity index (χ4v) is 5.26. The second-order valence-electron chi connectivity index (χ2n) is 8.07. The quantitative estimate of drug-likeness (QED) is 0.197. The van der Waals surface area contributed by atoms with Gasteiger partial charge in [0.25, 0.3) is 5.91 Å². The summed E-state index contributed by atoms with van der Waals surface area (Å²) in [4.78, 5) is 15.0. The summed E-state index contributed by atoms with van der Waals surface area (Å²) in [5.41, 5.74) is 3.37. The van der Waals surface area contributed by atoms with Crippen molar-refractivity contribution in [3.8, 4) is 5.75 Å². The lowest BCUT2D eigenvalue weighted by atomic mass is 9.98. The number of amides is 1. The van der Waals surface area contributed by atoms with E-state index in [0.29, 0.717) is 34.8 Å². The lowest BCUT2D eigenvalue weighted by molar-refractivity contribution is -0.121. The molecule has 2 aromatic carbocycles. The molecule has 1 fully saturated rings. The van der Waals surface area contributed by atoms with E-state index in [2.05, 4.69) is 55.5 Å². The van der Waals surface area contributed by atoms with Crippen LogP contribution in [-0.2, 0) is 11.3 Å². The molecule has 1 aliphatic heterocycles. The van der Waals surface area contributed by atoms with Crippen LogP contribution >= 0.6 is 24.0 Å². The number of hydrogen-bond donors (Lipinski definition) is 0. The Hall–Kier alpha value is -2.83. The lowest BCUT2D eigenvalue weighted by Crippen LogP contribution is -2.27. The maximum absolute atomic E-state index is 12.8. The van der Waals surface area contributed by atoms with E-state index < -0.39 is 0 Å². The summed E-state index contributed by atoms with van der Waals surface area (Å²) < 4.78 is 8.96. The third-order valence-electron chi connectivity index (χ3n) is 5.94. The molecule has 0 bridgehead atoms. The predicted octanol–water partition coefficient (Wildman–Crippen LogP) is 6.62. The van der Waals surface area contributed by atoms with Crippen molar-refractivity contribution < 1.29 is 9.53 Å². The van der Waals surface area contributed by atoms with E-state index in [1.54, 1.807) is 11.0 Å². The monoisotopic (exact) mass is 476 g/mol. The van der Waals surface area contributed by atoms with Crippen LogP contribution in [0.4, 0.5) is 0 Å². The molecule has 4 nitrogen and oxygen atoms in total. The lowest BCUT2D eigenvalue weighted by Gasteiger charge is -2.16. The average molecular weight is 477 g/mol. The molecular formula is C27H28N2O2S2. The Morgan fingerprint density at radius 1 is 1.18 bits per heavy atom. The zero-order valence-electron chi connectivity index (χ0n) is 19.0. The van der Waals surface area contributed by atoms with E-state index in [-0.39, 0.29) is 5.91 Å². The number of rotatable bonds is 9. The van der Waals surface area contributed by atoms with Gasteiger partial charge in [-0.05, 0) is 36.1 Å². The maximum atomic E-state index is 12.8. The van der Waals surface area contributed by atoms with Gasteiger partial charge in [0.15, 0.2) is 0 Å². The average Bonchev–Trinajstić information content (AvgIpc) is 3.31. The Bertz CT molecular complexity index is 1230. The summed E-state index contributed by atoms with van der Waals surface area (Å²) in [6, 6.07) is 16.5. The van der Waals surface area contributed by atoms with Gasteiger partial charge in [0, 0.05) is 29.2 Å². The van der Waals surface area contributed by atoms with E-state index in [1.807, 2.05) is 30.3 Å². The SMILES string of the molecule is C=CCN1C(=O)/C(=C/c2cn(CCOc3ccccc3C(C)CC)c3ccccc23)SC1=S. The van der Waals surface area contributed by atoms with Crippen molar-refractivity contribution in [1.82, 2.24) is 9.47 Å². The minimum absolute atomic E-state index is 0.0632. The Labute approximate surface area is 204 Å². The number of para-hydroxylation sites is 2. The molecule has 1 unspecified atom stereocenters. The van der Waals surface area contributed by atoms with Crippen LogP contribution in [0.1, 0.15) is 37.3 Å². The van der Waals surface area contributed by atoms with Crippen LogP contribution in [0.5, 0.6) is 5.75 Å². The third-order valence-corrected chi connectivity index (χ3v) is 7.32. The van der Waals surface area contributed by atoms with Crippen LogP contribution in [0.25, 0.3) is 17.0 Å². The minimum Gasteiger partial charge on any atom is -0.491 e. The molecular weight excluding hydrogens is 448 g/mol. The van der Waals surface area contributed by atoms with Crippen LogP contribution in [0.15, 0.2) is 72.3 Å². The molecule has 1 amide bonds. The number of aromatic nitrogens is 1. The first-order chi connectivity index (χ1) is 16.0. The Balaban J connectivity index is 1.56. The number of thiocarbonyl (C=S) groups is 1. The van der Waals surface area contributed by atoms with Gasteiger partial charge in [-0.15, -0.1) is 6.58 Å². The van der Waals surface area contributed by atoms with Gasteiger partial charge >= 0.3 is 0 Å². The summed E-state index contributed by atoms with van der Waals surface area (Å²) in [6.07, 6.45) is 6.80. The molecule has 6 heteroatoms. The van der Waals surface area contributed by atoms with Crippen LogP contribution in [0.2, 0.25) is 0 Å². The molecule has 2 heterocycles. The minimum atomic E-state index is -0.0632. The van der Waals surface area contributed by atoms with Crippen LogP contribution in [0.3, 0.4) is 0 Å². The predicted molar refractivity (Wildman–Crippen MR) is 143 cm³/mol. The molecule has 0 spiro atoms. The van der Waals surface area contributed by atoms with E-state index in [1.165, 1.54) is 17.3 Å². The number of thioether (sulfide) groups is 1. The van der Waals surface area contributed by atoms with E-state index in [0.717, 1.165) is 28.6 Å². The molecule has 1 aromatic heterocycles. The van der Waals surface area contributed by atoms with Gasteiger partial charge in [0.2, 0.25) is 0 Å². The first-order valence-electron chi connectivity index (χ1n) is 11.2. The number of nitrogens with zero attached hydrogens (tertiary/aromatic N) is 2. The number of ether oxygens (including phenoxy) is 1. The first kappa shape index (κ1) is 23.3. The maximum Gasteiger partial charge on any atom is 0.266 e. The number of fused-ring (bicyclic) bond motifs is 1. The zero-order valence-corrected chi connectivity index (χ0v) is 20.6. The second kappa shape index (κ2) is 10.4. The van der Waals surface area contributed by atoms with Gasteiger partial charge in [-0.3, -0.25) is 9.69 Å². The molecule has 1 atom stereocenters. The summed E-state index contributed by atoms with van der Waals surface area (Å²) in [5, 5.41) is 1.10. The molecule has 1 saturated heterocycles.